The summed E-state index contributed by atoms with van der Waals surface area (Å²) in [6, 6.07) is 25.6. The van der Waals surface area contributed by atoms with Crippen LogP contribution in [0.2, 0.25) is 0 Å². The maximum absolute atomic E-state index is 12.2. The Labute approximate surface area is 230 Å². The molecule has 0 saturated carbocycles. The highest BCUT2D eigenvalue weighted by Gasteiger charge is 2.07. The summed E-state index contributed by atoms with van der Waals surface area (Å²) in [5.41, 5.74) is 5.34. The number of aryl methyl sites for hydroxylation is 2. The molecule has 1 amide bonds. The highest BCUT2D eigenvalue weighted by molar-refractivity contribution is 5.89. The molecule has 2 aromatic carbocycles. The average molecular weight is 523 g/mol. The molecule has 0 fully saturated rings. The largest absolute Gasteiger partial charge is 0.309 e. The SMILES string of the molecule is Cc1cc(=N)n(CCCCCCCCCCC(=O)Nc2ccc(-c3ccccc3)nn2)nc1-c1ccccc1. The Hall–Kier alpha value is -4.13. The lowest BCUT2D eigenvalue weighted by atomic mass is 10.1. The molecule has 7 heteroatoms. The van der Waals surface area contributed by atoms with E-state index >= 15 is 0 Å². The van der Waals surface area contributed by atoms with Crippen LogP contribution in [0.25, 0.3) is 22.5 Å². The van der Waals surface area contributed by atoms with Crippen LogP contribution in [-0.2, 0) is 11.3 Å². The molecule has 202 valence electrons. The van der Waals surface area contributed by atoms with Gasteiger partial charge >= 0.3 is 0 Å². The number of nitrogens with one attached hydrogen (secondary N) is 2. The van der Waals surface area contributed by atoms with Gasteiger partial charge in [-0.15, -0.1) is 10.2 Å². The van der Waals surface area contributed by atoms with Crippen molar-refractivity contribution < 1.29 is 4.79 Å². The van der Waals surface area contributed by atoms with Crippen molar-refractivity contribution in [1.82, 2.24) is 20.0 Å². The van der Waals surface area contributed by atoms with Crippen molar-refractivity contribution >= 4 is 11.7 Å². The number of anilines is 1. The summed E-state index contributed by atoms with van der Waals surface area (Å²) in [7, 11) is 0. The van der Waals surface area contributed by atoms with Crippen LogP contribution >= 0.6 is 0 Å². The first-order valence-electron chi connectivity index (χ1n) is 14.0. The van der Waals surface area contributed by atoms with E-state index in [9.17, 15) is 4.79 Å². The van der Waals surface area contributed by atoms with Crippen molar-refractivity contribution in [3.8, 4) is 22.5 Å². The average Bonchev–Trinajstić information content (AvgIpc) is 2.96. The first-order chi connectivity index (χ1) is 19.1. The van der Waals surface area contributed by atoms with Crippen LogP contribution in [0.1, 0.15) is 63.4 Å². The molecule has 4 rings (SSSR count). The predicted octanol–water partition coefficient (Wildman–Crippen LogP) is 6.94. The molecule has 0 unspecified atom stereocenters. The monoisotopic (exact) mass is 522 g/mol. The standard InChI is InChI=1S/C32H38N6O/c1-25-24-29(33)38(37-32(25)27-18-12-9-13-19-27)23-15-7-5-3-2-4-6-14-20-31(39)34-30-22-21-28(35-36-30)26-16-10-8-11-17-26/h8-13,16-19,21-22,24,33H,2-7,14-15,20,23H2,1H3,(H,34,36,39). The molecule has 2 heterocycles. The predicted molar refractivity (Wildman–Crippen MR) is 156 cm³/mol. The van der Waals surface area contributed by atoms with Crippen LogP contribution in [0, 0.1) is 12.3 Å². The third kappa shape index (κ3) is 8.70. The van der Waals surface area contributed by atoms with Gasteiger partial charge in [-0.05, 0) is 43.5 Å². The quantitative estimate of drug-likeness (QED) is 0.175. The molecular weight excluding hydrogens is 484 g/mol. The Kier molecular flexibility index (Phi) is 10.5. The van der Waals surface area contributed by atoms with Gasteiger partial charge in [-0.3, -0.25) is 10.2 Å². The van der Waals surface area contributed by atoms with E-state index in [0.29, 0.717) is 17.7 Å². The van der Waals surface area contributed by atoms with Gasteiger partial charge in [-0.25, -0.2) is 4.68 Å². The first-order valence-corrected chi connectivity index (χ1v) is 14.0. The van der Waals surface area contributed by atoms with E-state index in [4.69, 9.17) is 10.5 Å². The van der Waals surface area contributed by atoms with Gasteiger partial charge in [0.1, 0.15) is 5.49 Å². The minimum Gasteiger partial charge on any atom is -0.309 e. The summed E-state index contributed by atoms with van der Waals surface area (Å²) in [6.45, 7) is 2.79. The Morgan fingerprint density at radius 2 is 1.38 bits per heavy atom. The van der Waals surface area contributed by atoms with Gasteiger partial charge in [0.15, 0.2) is 5.82 Å². The Morgan fingerprint density at radius 3 is 2.03 bits per heavy atom. The summed E-state index contributed by atoms with van der Waals surface area (Å²) < 4.78 is 1.82. The molecule has 2 aromatic heterocycles. The summed E-state index contributed by atoms with van der Waals surface area (Å²) >= 11 is 0. The molecule has 0 atom stereocenters. The van der Waals surface area contributed by atoms with E-state index < -0.39 is 0 Å². The Morgan fingerprint density at radius 1 is 0.769 bits per heavy atom. The van der Waals surface area contributed by atoms with Gasteiger partial charge in [0, 0.05) is 24.1 Å². The molecular formula is C32H38N6O. The smallest absolute Gasteiger partial charge is 0.225 e. The maximum atomic E-state index is 12.2. The van der Waals surface area contributed by atoms with Gasteiger partial charge in [0.2, 0.25) is 5.91 Å². The zero-order chi connectivity index (χ0) is 27.3. The van der Waals surface area contributed by atoms with Crippen LogP contribution in [-0.4, -0.2) is 25.9 Å². The topological polar surface area (TPSA) is 96.6 Å². The molecule has 39 heavy (non-hydrogen) atoms. The second-order valence-electron chi connectivity index (χ2n) is 9.95. The number of benzene rings is 2. The lowest BCUT2D eigenvalue weighted by Gasteiger charge is -2.11. The molecule has 7 nitrogen and oxygen atoms in total. The number of carbonyl (C=O) groups excluding carboxylic acids is 1. The number of aromatic nitrogens is 4. The van der Waals surface area contributed by atoms with E-state index in [1.807, 2.05) is 72.3 Å². The Bertz CT molecular complexity index is 1370. The van der Waals surface area contributed by atoms with Gasteiger partial charge in [0.05, 0.1) is 11.4 Å². The molecule has 0 radical (unpaired) electrons. The second kappa shape index (κ2) is 14.7. The van der Waals surface area contributed by atoms with Gasteiger partial charge < -0.3 is 5.32 Å². The third-order valence-electron chi connectivity index (χ3n) is 6.80. The minimum absolute atomic E-state index is 0.0110. The highest BCUT2D eigenvalue weighted by Crippen LogP contribution is 2.19. The molecule has 0 aliphatic heterocycles. The number of hydrogen-bond acceptors (Lipinski definition) is 5. The van der Waals surface area contributed by atoms with Crippen molar-refractivity contribution in [2.75, 3.05) is 5.32 Å². The fourth-order valence-corrected chi connectivity index (χ4v) is 4.63. The summed E-state index contributed by atoms with van der Waals surface area (Å²) in [4.78, 5) is 12.2. The van der Waals surface area contributed by atoms with Gasteiger partial charge in [-0.1, -0.05) is 99.2 Å². The molecule has 0 aliphatic carbocycles. The molecule has 2 N–H and O–H groups in total. The van der Waals surface area contributed by atoms with E-state index in [-0.39, 0.29) is 5.91 Å². The molecule has 4 aromatic rings. The van der Waals surface area contributed by atoms with Gasteiger partial charge in [0.25, 0.3) is 0 Å². The lowest BCUT2D eigenvalue weighted by Crippen LogP contribution is -2.23. The van der Waals surface area contributed by atoms with Crippen molar-refractivity contribution in [3.05, 3.63) is 89.9 Å². The number of nitrogens with zero attached hydrogens (tertiary/aromatic N) is 4. The van der Waals surface area contributed by atoms with Crippen molar-refractivity contribution in [1.29, 1.82) is 5.41 Å². The number of carbonyl (C=O) groups is 1. The fourth-order valence-electron chi connectivity index (χ4n) is 4.63. The highest BCUT2D eigenvalue weighted by atomic mass is 16.1. The summed E-state index contributed by atoms with van der Waals surface area (Å²) in [5.74, 6) is 0.482. The third-order valence-corrected chi connectivity index (χ3v) is 6.80. The van der Waals surface area contributed by atoms with Crippen LogP contribution in [0.3, 0.4) is 0 Å². The molecule has 0 bridgehead atoms. The van der Waals surface area contributed by atoms with E-state index in [2.05, 4.69) is 27.6 Å². The zero-order valence-corrected chi connectivity index (χ0v) is 22.8. The Balaban J connectivity index is 1.06. The van der Waals surface area contributed by atoms with Crippen molar-refractivity contribution in [2.24, 2.45) is 0 Å². The van der Waals surface area contributed by atoms with Crippen LogP contribution in [0.5, 0.6) is 0 Å². The number of hydrogen-bond donors (Lipinski definition) is 2. The normalized spacial score (nSPS) is 10.9. The number of amides is 1. The van der Waals surface area contributed by atoms with Crippen molar-refractivity contribution in [3.63, 3.8) is 0 Å². The number of unbranched alkanes of at least 4 members (excludes halogenated alkanes) is 7. The van der Waals surface area contributed by atoms with Crippen LogP contribution < -0.4 is 10.8 Å². The second-order valence-corrected chi connectivity index (χ2v) is 9.95. The van der Waals surface area contributed by atoms with E-state index in [0.717, 1.165) is 66.7 Å². The summed E-state index contributed by atoms with van der Waals surface area (Å²) in [6.07, 6.45) is 9.31. The van der Waals surface area contributed by atoms with Crippen molar-refractivity contribution in [2.45, 2.75) is 71.3 Å². The first kappa shape index (κ1) is 27.9. The fraction of sp³-hybridized carbons (Fsp3) is 0.344. The molecule has 0 saturated heterocycles. The van der Waals surface area contributed by atoms with Gasteiger partial charge in [-0.2, -0.15) is 5.10 Å². The maximum Gasteiger partial charge on any atom is 0.225 e. The van der Waals surface area contributed by atoms with Crippen LogP contribution in [0.15, 0.2) is 78.9 Å². The van der Waals surface area contributed by atoms with Crippen LogP contribution in [0.4, 0.5) is 5.82 Å². The lowest BCUT2D eigenvalue weighted by molar-refractivity contribution is -0.116. The molecule has 0 aliphatic rings. The molecule has 0 spiro atoms. The zero-order valence-electron chi connectivity index (χ0n) is 22.8. The number of rotatable bonds is 14. The minimum atomic E-state index is -0.0110. The van der Waals surface area contributed by atoms with E-state index in [1.165, 1.54) is 19.3 Å². The summed E-state index contributed by atoms with van der Waals surface area (Å²) in [5, 5.41) is 24.2. The van der Waals surface area contributed by atoms with E-state index in [1.54, 1.807) is 6.07 Å².